The summed E-state index contributed by atoms with van der Waals surface area (Å²) in [6.45, 7) is 1.99. The van der Waals surface area contributed by atoms with Gasteiger partial charge in [-0.15, -0.1) is 0 Å². The second-order valence-corrected chi connectivity index (χ2v) is 5.86. The summed E-state index contributed by atoms with van der Waals surface area (Å²) < 4.78 is 1.39. The van der Waals surface area contributed by atoms with Crippen LogP contribution in [-0.4, -0.2) is 14.6 Å². The van der Waals surface area contributed by atoms with Crippen molar-refractivity contribution in [2.45, 2.75) is 51.9 Å². The Bertz CT molecular complexity index is 744. The van der Waals surface area contributed by atoms with Crippen LogP contribution in [0.25, 0.3) is 5.65 Å². The average Bonchev–Trinajstić information content (AvgIpc) is 2.92. The van der Waals surface area contributed by atoms with E-state index in [1.165, 1.54) is 36.6 Å². The molecule has 0 radical (unpaired) electrons. The summed E-state index contributed by atoms with van der Waals surface area (Å²) in [4.78, 5) is 17.2. The third-order valence-electron chi connectivity index (χ3n) is 4.52. The lowest BCUT2D eigenvalue weighted by Crippen LogP contribution is -2.24. The minimum Gasteiger partial charge on any atom is -0.295 e. The highest BCUT2D eigenvalue weighted by Crippen LogP contribution is 2.27. The van der Waals surface area contributed by atoms with Crippen LogP contribution in [0.5, 0.6) is 0 Å². The summed E-state index contributed by atoms with van der Waals surface area (Å²) in [7, 11) is 0. The molecule has 0 spiro atoms. The molecule has 0 amide bonds. The molecule has 1 N–H and O–H groups in total. The molecule has 0 unspecified atom stereocenters. The number of nitrogens with zero attached hydrogens (tertiary/aromatic N) is 3. The molecule has 1 aliphatic carbocycles. The van der Waals surface area contributed by atoms with Crippen LogP contribution in [0.3, 0.4) is 0 Å². The molecule has 110 valence electrons. The van der Waals surface area contributed by atoms with Crippen molar-refractivity contribution in [2.75, 3.05) is 0 Å². The van der Waals surface area contributed by atoms with Gasteiger partial charge in [0, 0.05) is 11.8 Å². The van der Waals surface area contributed by atoms with Gasteiger partial charge >= 0.3 is 0 Å². The van der Waals surface area contributed by atoms with Crippen LogP contribution in [0.15, 0.2) is 11.0 Å². The van der Waals surface area contributed by atoms with Crippen molar-refractivity contribution in [3.05, 3.63) is 33.4 Å². The molecular weight excluding hydrogens is 264 g/mol. The van der Waals surface area contributed by atoms with Crippen molar-refractivity contribution in [3.8, 4) is 6.07 Å². The Morgan fingerprint density at radius 3 is 2.86 bits per heavy atom. The molecule has 1 fully saturated rings. The number of aromatic nitrogens is 3. The molecule has 2 heterocycles. The van der Waals surface area contributed by atoms with Crippen LogP contribution in [0.1, 0.15) is 55.8 Å². The molecule has 0 aromatic carbocycles. The summed E-state index contributed by atoms with van der Waals surface area (Å²) in [5.41, 5.74) is 2.51. The van der Waals surface area contributed by atoms with E-state index in [1.54, 1.807) is 6.20 Å². The first kappa shape index (κ1) is 13.9. The van der Waals surface area contributed by atoms with E-state index in [2.05, 4.69) is 16.2 Å². The van der Waals surface area contributed by atoms with Gasteiger partial charge in [-0.05, 0) is 18.8 Å². The normalized spacial score (nSPS) is 16.2. The van der Waals surface area contributed by atoms with E-state index in [1.807, 2.05) is 6.92 Å². The number of H-pyrrole nitrogens is 1. The van der Waals surface area contributed by atoms with E-state index in [-0.39, 0.29) is 5.56 Å². The number of hydrogen-bond acceptors (Lipinski definition) is 3. The maximum absolute atomic E-state index is 12.5. The molecule has 0 aliphatic heterocycles. The number of aromatic amines is 1. The van der Waals surface area contributed by atoms with Gasteiger partial charge in [-0.25, -0.2) is 9.50 Å². The lowest BCUT2D eigenvalue weighted by atomic mass is 9.85. The van der Waals surface area contributed by atoms with E-state index in [4.69, 9.17) is 5.26 Å². The topological polar surface area (TPSA) is 73.9 Å². The van der Waals surface area contributed by atoms with Gasteiger partial charge in [0.05, 0.1) is 5.69 Å². The number of fused-ring (bicyclic) bond motifs is 1. The van der Waals surface area contributed by atoms with Gasteiger partial charge in [-0.2, -0.15) is 5.26 Å². The molecule has 1 aliphatic rings. The Morgan fingerprint density at radius 2 is 2.19 bits per heavy atom. The van der Waals surface area contributed by atoms with Gasteiger partial charge in [0.2, 0.25) is 0 Å². The van der Waals surface area contributed by atoms with Crippen LogP contribution in [0, 0.1) is 17.2 Å². The van der Waals surface area contributed by atoms with Gasteiger partial charge in [-0.1, -0.05) is 39.0 Å². The maximum Gasteiger partial charge on any atom is 0.276 e. The van der Waals surface area contributed by atoms with E-state index in [0.29, 0.717) is 23.5 Å². The maximum atomic E-state index is 12.5. The van der Waals surface area contributed by atoms with Crippen LogP contribution in [0.2, 0.25) is 0 Å². The Morgan fingerprint density at radius 1 is 1.43 bits per heavy atom. The lowest BCUT2D eigenvalue weighted by Gasteiger charge is -2.21. The van der Waals surface area contributed by atoms with Crippen molar-refractivity contribution in [3.63, 3.8) is 0 Å². The van der Waals surface area contributed by atoms with E-state index in [0.717, 1.165) is 17.7 Å². The minimum atomic E-state index is -0.0604. The molecule has 1 saturated carbocycles. The second-order valence-electron chi connectivity index (χ2n) is 5.86. The van der Waals surface area contributed by atoms with E-state index >= 15 is 0 Å². The first-order chi connectivity index (χ1) is 10.2. The fraction of sp³-hybridized carbons (Fsp3) is 0.562. The zero-order chi connectivity index (χ0) is 14.8. The largest absolute Gasteiger partial charge is 0.295 e. The smallest absolute Gasteiger partial charge is 0.276 e. The van der Waals surface area contributed by atoms with E-state index in [9.17, 15) is 4.79 Å². The first-order valence-corrected chi connectivity index (χ1v) is 7.76. The molecule has 21 heavy (non-hydrogen) atoms. The van der Waals surface area contributed by atoms with E-state index < -0.39 is 0 Å². The van der Waals surface area contributed by atoms with Gasteiger partial charge in [0.25, 0.3) is 5.56 Å². The Balaban J connectivity index is 2.07. The molecule has 2 aromatic rings. The molecule has 0 atom stereocenters. The second kappa shape index (κ2) is 5.72. The van der Waals surface area contributed by atoms with Crippen LogP contribution in [-0.2, 0) is 12.8 Å². The number of nitrogens with one attached hydrogen (secondary N) is 1. The molecule has 5 nitrogen and oxygen atoms in total. The summed E-state index contributed by atoms with van der Waals surface area (Å²) in [6, 6.07) is 2.09. The Kier molecular flexibility index (Phi) is 3.78. The molecule has 0 bridgehead atoms. The Labute approximate surface area is 123 Å². The minimum absolute atomic E-state index is 0.0604. The van der Waals surface area contributed by atoms with Gasteiger partial charge < -0.3 is 0 Å². The van der Waals surface area contributed by atoms with Crippen molar-refractivity contribution >= 4 is 5.65 Å². The highest BCUT2D eigenvalue weighted by Gasteiger charge is 2.20. The zero-order valence-electron chi connectivity index (χ0n) is 12.4. The summed E-state index contributed by atoms with van der Waals surface area (Å²) in [5, 5.41) is 12.0. The molecule has 2 aromatic heterocycles. The van der Waals surface area contributed by atoms with Crippen molar-refractivity contribution in [1.29, 1.82) is 5.26 Å². The summed E-state index contributed by atoms with van der Waals surface area (Å²) >= 11 is 0. The first-order valence-electron chi connectivity index (χ1n) is 7.76. The van der Waals surface area contributed by atoms with Crippen LogP contribution < -0.4 is 5.56 Å². The zero-order valence-corrected chi connectivity index (χ0v) is 12.4. The van der Waals surface area contributed by atoms with Gasteiger partial charge in [-0.3, -0.25) is 9.89 Å². The van der Waals surface area contributed by atoms with Crippen LogP contribution >= 0.6 is 0 Å². The highest BCUT2D eigenvalue weighted by atomic mass is 16.1. The van der Waals surface area contributed by atoms with Crippen molar-refractivity contribution in [1.82, 2.24) is 14.6 Å². The number of hydrogen-bond donors (Lipinski definition) is 1. The quantitative estimate of drug-likeness (QED) is 0.941. The van der Waals surface area contributed by atoms with Crippen LogP contribution in [0.4, 0.5) is 0 Å². The standard InChI is InChI=1S/C16H20N4O/c1-2-13-14(8-11-6-4-3-5-7-11)19-15-12(9-17)10-18-20(15)16(13)21/h10-11,18H,2-8H2,1H3. The predicted molar refractivity (Wildman–Crippen MR) is 80.2 cm³/mol. The predicted octanol–water partition coefficient (Wildman–Crippen LogP) is 2.58. The molecule has 0 saturated heterocycles. The van der Waals surface area contributed by atoms with Gasteiger partial charge in [0.1, 0.15) is 11.6 Å². The average molecular weight is 284 g/mol. The number of rotatable bonds is 3. The molecule has 5 heteroatoms. The van der Waals surface area contributed by atoms with Crippen molar-refractivity contribution < 1.29 is 0 Å². The monoisotopic (exact) mass is 284 g/mol. The summed E-state index contributed by atoms with van der Waals surface area (Å²) in [6.07, 6.45) is 9.42. The fourth-order valence-corrected chi connectivity index (χ4v) is 3.37. The lowest BCUT2D eigenvalue weighted by molar-refractivity contribution is 0.353. The summed E-state index contributed by atoms with van der Waals surface area (Å²) in [5.74, 6) is 0.628. The van der Waals surface area contributed by atoms with Gasteiger partial charge in [0.15, 0.2) is 5.65 Å². The molecular formula is C16H20N4O. The highest BCUT2D eigenvalue weighted by molar-refractivity contribution is 5.54. The fourth-order valence-electron chi connectivity index (χ4n) is 3.37. The van der Waals surface area contributed by atoms with Crippen molar-refractivity contribution in [2.24, 2.45) is 5.92 Å². The third-order valence-corrected chi connectivity index (χ3v) is 4.52. The Hall–Kier alpha value is -2.09. The molecule has 3 rings (SSSR count). The third kappa shape index (κ3) is 2.46. The number of nitriles is 1. The SMILES string of the molecule is CCc1c(CC2CCCCC2)nc2c(C#N)c[nH]n2c1=O.